The standard InChI is InChI=1S/C11H14BrFN2O/c1-7(2)10(5-12)15-11(16)9-4-3-8(13)6-14-9/h3-4,6-7,10H,5H2,1-2H3,(H,15,16). The average Bonchev–Trinajstić information content (AvgIpc) is 2.26. The van der Waals surface area contributed by atoms with Crippen molar-refractivity contribution in [1.82, 2.24) is 10.3 Å². The van der Waals surface area contributed by atoms with Gasteiger partial charge in [-0.2, -0.15) is 0 Å². The molecule has 88 valence electrons. The summed E-state index contributed by atoms with van der Waals surface area (Å²) >= 11 is 3.33. The van der Waals surface area contributed by atoms with Crippen LogP contribution in [0.4, 0.5) is 4.39 Å². The number of rotatable bonds is 4. The van der Waals surface area contributed by atoms with Crippen LogP contribution < -0.4 is 5.32 Å². The minimum atomic E-state index is -0.447. The number of nitrogens with zero attached hydrogens (tertiary/aromatic N) is 1. The van der Waals surface area contributed by atoms with E-state index in [1.54, 1.807) is 0 Å². The summed E-state index contributed by atoms with van der Waals surface area (Å²) in [6, 6.07) is 2.64. The molecular weight excluding hydrogens is 275 g/mol. The van der Waals surface area contributed by atoms with Gasteiger partial charge in [0.25, 0.3) is 5.91 Å². The molecule has 0 aliphatic heterocycles. The molecule has 1 unspecified atom stereocenters. The lowest BCUT2D eigenvalue weighted by atomic mass is 10.1. The molecule has 0 bridgehead atoms. The van der Waals surface area contributed by atoms with Gasteiger partial charge in [0.15, 0.2) is 0 Å². The number of carbonyl (C=O) groups is 1. The smallest absolute Gasteiger partial charge is 0.270 e. The van der Waals surface area contributed by atoms with E-state index in [-0.39, 0.29) is 17.6 Å². The van der Waals surface area contributed by atoms with Crippen molar-refractivity contribution in [2.45, 2.75) is 19.9 Å². The molecule has 5 heteroatoms. The minimum absolute atomic E-state index is 0.0411. The van der Waals surface area contributed by atoms with Crippen LogP contribution in [-0.2, 0) is 0 Å². The number of alkyl halides is 1. The second-order valence-corrected chi connectivity index (χ2v) is 4.49. The molecule has 1 atom stereocenters. The Kier molecular flexibility index (Phi) is 4.86. The number of hydrogen-bond acceptors (Lipinski definition) is 2. The Bertz CT molecular complexity index is 354. The molecule has 0 radical (unpaired) electrons. The maximum absolute atomic E-state index is 12.6. The number of amides is 1. The quantitative estimate of drug-likeness (QED) is 0.865. The van der Waals surface area contributed by atoms with Gasteiger partial charge in [-0.3, -0.25) is 4.79 Å². The summed E-state index contributed by atoms with van der Waals surface area (Å²) in [5, 5.41) is 3.51. The largest absolute Gasteiger partial charge is 0.347 e. The lowest BCUT2D eigenvalue weighted by Crippen LogP contribution is -2.40. The minimum Gasteiger partial charge on any atom is -0.347 e. The van der Waals surface area contributed by atoms with Crippen LogP contribution in [0.2, 0.25) is 0 Å². The molecule has 0 aliphatic rings. The van der Waals surface area contributed by atoms with Gasteiger partial charge in [0.05, 0.1) is 6.20 Å². The van der Waals surface area contributed by atoms with Crippen LogP contribution >= 0.6 is 15.9 Å². The maximum atomic E-state index is 12.6. The Morgan fingerprint density at radius 3 is 2.69 bits per heavy atom. The van der Waals surface area contributed by atoms with Gasteiger partial charge in [0.2, 0.25) is 0 Å². The monoisotopic (exact) mass is 288 g/mol. The number of nitrogens with one attached hydrogen (secondary N) is 1. The van der Waals surface area contributed by atoms with Gasteiger partial charge >= 0.3 is 0 Å². The van der Waals surface area contributed by atoms with Crippen LogP contribution in [0.1, 0.15) is 24.3 Å². The Balaban J connectivity index is 2.68. The Hall–Kier alpha value is -0.970. The molecule has 0 saturated heterocycles. The highest BCUT2D eigenvalue weighted by Crippen LogP contribution is 2.06. The van der Waals surface area contributed by atoms with E-state index in [0.29, 0.717) is 11.2 Å². The molecule has 1 aromatic heterocycles. The molecule has 0 aliphatic carbocycles. The maximum Gasteiger partial charge on any atom is 0.270 e. The first-order chi connectivity index (χ1) is 7.54. The van der Waals surface area contributed by atoms with E-state index >= 15 is 0 Å². The fourth-order valence-corrected chi connectivity index (χ4v) is 2.05. The highest BCUT2D eigenvalue weighted by Gasteiger charge is 2.16. The van der Waals surface area contributed by atoms with E-state index in [9.17, 15) is 9.18 Å². The lowest BCUT2D eigenvalue weighted by molar-refractivity contribution is 0.0926. The van der Waals surface area contributed by atoms with Crippen molar-refractivity contribution in [3.63, 3.8) is 0 Å². The molecular formula is C11H14BrFN2O. The third kappa shape index (κ3) is 3.56. The molecule has 3 nitrogen and oxygen atoms in total. The van der Waals surface area contributed by atoms with Crippen LogP contribution in [0.15, 0.2) is 18.3 Å². The highest BCUT2D eigenvalue weighted by molar-refractivity contribution is 9.09. The van der Waals surface area contributed by atoms with Gasteiger partial charge in [0, 0.05) is 11.4 Å². The molecule has 16 heavy (non-hydrogen) atoms. The summed E-state index contributed by atoms with van der Waals surface area (Å²) in [7, 11) is 0. The Morgan fingerprint density at radius 2 is 2.25 bits per heavy atom. The Morgan fingerprint density at radius 1 is 1.56 bits per heavy atom. The summed E-state index contributed by atoms with van der Waals surface area (Å²) in [5.74, 6) is -0.403. The highest BCUT2D eigenvalue weighted by atomic mass is 79.9. The summed E-state index contributed by atoms with van der Waals surface area (Å²) in [6.45, 7) is 4.04. The van der Waals surface area contributed by atoms with Gasteiger partial charge in [-0.25, -0.2) is 9.37 Å². The third-order valence-corrected chi connectivity index (χ3v) is 2.95. The normalized spacial score (nSPS) is 12.6. The first-order valence-corrected chi connectivity index (χ1v) is 6.15. The number of halogens is 2. The van der Waals surface area contributed by atoms with Crippen LogP contribution in [-0.4, -0.2) is 22.3 Å². The summed E-state index contributed by atoms with van der Waals surface area (Å²) in [4.78, 5) is 15.4. The summed E-state index contributed by atoms with van der Waals surface area (Å²) in [5.41, 5.74) is 0.230. The molecule has 1 N–H and O–H groups in total. The third-order valence-electron chi connectivity index (χ3n) is 2.25. The van der Waals surface area contributed by atoms with Gasteiger partial charge in [-0.15, -0.1) is 0 Å². The van der Waals surface area contributed by atoms with E-state index < -0.39 is 5.82 Å². The van der Waals surface area contributed by atoms with Crippen molar-refractivity contribution in [1.29, 1.82) is 0 Å². The van der Waals surface area contributed by atoms with Crippen molar-refractivity contribution in [2.24, 2.45) is 5.92 Å². The summed E-state index contributed by atoms with van der Waals surface area (Å²) < 4.78 is 12.6. The van der Waals surface area contributed by atoms with Crippen LogP contribution in [0.25, 0.3) is 0 Å². The zero-order chi connectivity index (χ0) is 12.1. The van der Waals surface area contributed by atoms with Gasteiger partial charge in [-0.1, -0.05) is 29.8 Å². The molecule has 0 saturated carbocycles. The van der Waals surface area contributed by atoms with Crippen molar-refractivity contribution in [3.05, 3.63) is 29.8 Å². The molecule has 1 rings (SSSR count). The fourth-order valence-electron chi connectivity index (χ4n) is 1.14. The molecule has 1 heterocycles. The second kappa shape index (κ2) is 5.94. The van der Waals surface area contributed by atoms with E-state index in [2.05, 4.69) is 26.2 Å². The summed E-state index contributed by atoms with van der Waals surface area (Å²) in [6.07, 6.45) is 1.04. The van der Waals surface area contributed by atoms with E-state index in [1.165, 1.54) is 12.1 Å². The number of hydrogen-bond donors (Lipinski definition) is 1. The number of aromatic nitrogens is 1. The molecule has 0 spiro atoms. The SMILES string of the molecule is CC(C)C(CBr)NC(=O)c1ccc(F)cn1. The van der Waals surface area contributed by atoms with E-state index in [0.717, 1.165) is 6.20 Å². The van der Waals surface area contributed by atoms with E-state index in [4.69, 9.17) is 0 Å². The zero-order valence-corrected chi connectivity index (χ0v) is 10.8. The second-order valence-electron chi connectivity index (χ2n) is 3.84. The molecule has 0 aromatic carbocycles. The number of carbonyl (C=O) groups excluding carboxylic acids is 1. The topological polar surface area (TPSA) is 42.0 Å². The zero-order valence-electron chi connectivity index (χ0n) is 9.21. The molecule has 1 amide bonds. The van der Waals surface area contributed by atoms with Gasteiger partial charge in [0.1, 0.15) is 11.5 Å². The fraction of sp³-hybridized carbons (Fsp3) is 0.455. The van der Waals surface area contributed by atoms with Crippen molar-refractivity contribution < 1.29 is 9.18 Å². The first-order valence-electron chi connectivity index (χ1n) is 5.03. The van der Waals surface area contributed by atoms with Crippen LogP contribution in [0.3, 0.4) is 0 Å². The first kappa shape index (κ1) is 13.1. The predicted octanol–water partition coefficient (Wildman–Crippen LogP) is 2.37. The predicted molar refractivity (Wildman–Crippen MR) is 64.1 cm³/mol. The number of pyridine rings is 1. The Labute approximate surface area is 103 Å². The van der Waals surface area contributed by atoms with Crippen molar-refractivity contribution in [2.75, 3.05) is 5.33 Å². The van der Waals surface area contributed by atoms with Gasteiger partial charge < -0.3 is 5.32 Å². The van der Waals surface area contributed by atoms with E-state index in [1.807, 2.05) is 13.8 Å². The van der Waals surface area contributed by atoms with Gasteiger partial charge in [-0.05, 0) is 18.1 Å². The molecule has 0 fully saturated rings. The van der Waals surface area contributed by atoms with Crippen LogP contribution in [0, 0.1) is 11.7 Å². The average molecular weight is 289 g/mol. The lowest BCUT2D eigenvalue weighted by Gasteiger charge is -2.19. The van der Waals surface area contributed by atoms with Crippen LogP contribution in [0.5, 0.6) is 0 Å². The molecule has 1 aromatic rings. The van der Waals surface area contributed by atoms with Crippen molar-refractivity contribution in [3.8, 4) is 0 Å². The van der Waals surface area contributed by atoms with Crippen molar-refractivity contribution >= 4 is 21.8 Å².